The molecule has 0 saturated heterocycles. The average Bonchev–Trinajstić information content (AvgIpc) is 2.04. The highest BCUT2D eigenvalue weighted by atomic mass is 28.1. The largest absolute Gasteiger partial charge is 0.390 e. The first-order valence-corrected chi connectivity index (χ1v) is 5.68. The summed E-state index contributed by atoms with van der Waals surface area (Å²) in [4.78, 5) is 0. The molecule has 0 aliphatic heterocycles. The summed E-state index contributed by atoms with van der Waals surface area (Å²) in [7, 11) is 1.05. The molecule has 0 fully saturated rings. The van der Waals surface area contributed by atoms with Crippen molar-refractivity contribution in [1.29, 1.82) is 0 Å². The van der Waals surface area contributed by atoms with Crippen molar-refractivity contribution >= 4 is 10.2 Å². The maximum absolute atomic E-state index is 3.33. The van der Waals surface area contributed by atoms with E-state index in [1.54, 1.807) is 0 Å². The van der Waals surface area contributed by atoms with Gasteiger partial charge in [-0.15, -0.1) is 0 Å². The smallest absolute Gasteiger partial charge is 0.112 e. The second-order valence-corrected chi connectivity index (χ2v) is 3.59. The van der Waals surface area contributed by atoms with E-state index in [0.29, 0.717) is 0 Å². The molecular weight excluding hydrogens is 166 g/mol. The Morgan fingerprint density at radius 2 is 1.33 bits per heavy atom. The molecule has 0 unspecified atom stereocenters. The quantitative estimate of drug-likeness (QED) is 0.482. The van der Waals surface area contributed by atoms with Gasteiger partial charge in [0, 0.05) is 25.0 Å². The van der Waals surface area contributed by atoms with Crippen LogP contribution in [0.2, 0.25) is 0 Å². The first-order valence-electron chi connectivity index (χ1n) is 4.68. The zero-order chi connectivity index (χ0) is 9.40. The van der Waals surface area contributed by atoms with Crippen molar-refractivity contribution in [3.05, 3.63) is 11.1 Å². The van der Waals surface area contributed by atoms with Gasteiger partial charge in [0.25, 0.3) is 0 Å². The average molecular weight is 187 g/mol. The fourth-order valence-electron chi connectivity index (χ4n) is 1.03. The molecule has 0 amide bonds. The monoisotopic (exact) mass is 187 g/mol. The van der Waals surface area contributed by atoms with Gasteiger partial charge in [0.1, 0.15) is 5.82 Å². The zero-order valence-corrected chi connectivity index (χ0v) is 10.6. The molecule has 0 radical (unpaired) electrons. The Kier molecular flexibility index (Phi) is 6.65. The lowest BCUT2D eigenvalue weighted by atomic mass is 10.6. The maximum Gasteiger partial charge on any atom is 0.112 e. The van der Waals surface area contributed by atoms with Gasteiger partial charge >= 0.3 is 0 Å². The van der Waals surface area contributed by atoms with Crippen molar-refractivity contribution in [2.75, 3.05) is 19.6 Å². The van der Waals surface area contributed by atoms with E-state index >= 15 is 0 Å². The first-order chi connectivity index (χ1) is 5.76. The minimum absolute atomic E-state index is 0.972. The number of rotatable bonds is 6. The van der Waals surface area contributed by atoms with Crippen LogP contribution >= 0.6 is 0 Å². The third kappa shape index (κ3) is 4.28. The Labute approximate surface area is 78.4 Å². The second-order valence-electron chi connectivity index (χ2n) is 2.59. The Hall–Kier alpha value is -0.643. The predicted octanol–water partition coefficient (Wildman–Crippen LogP) is -0.693. The summed E-state index contributed by atoms with van der Waals surface area (Å²) >= 11 is 0. The Balaban J connectivity index is 4.11. The van der Waals surface area contributed by atoms with Crippen LogP contribution in [-0.4, -0.2) is 29.9 Å². The molecule has 0 atom stereocenters. The van der Waals surface area contributed by atoms with Crippen molar-refractivity contribution in [3.8, 4) is 0 Å². The van der Waals surface area contributed by atoms with Crippen LogP contribution in [0.25, 0.3) is 0 Å². The summed E-state index contributed by atoms with van der Waals surface area (Å²) in [5.41, 5.74) is 0. The fourth-order valence-corrected chi connectivity index (χ4v) is 1.74. The third-order valence-corrected chi connectivity index (χ3v) is 2.38. The predicted molar refractivity (Wildman–Crippen MR) is 58.0 cm³/mol. The van der Waals surface area contributed by atoms with Gasteiger partial charge in [-0.2, -0.15) is 0 Å². The normalized spacial score (nSPS) is 9.25. The van der Waals surface area contributed by atoms with Crippen molar-refractivity contribution in [3.63, 3.8) is 0 Å². The lowest BCUT2D eigenvalue weighted by Gasteiger charge is -2.15. The molecule has 12 heavy (non-hydrogen) atoms. The molecule has 0 spiro atoms. The van der Waals surface area contributed by atoms with E-state index < -0.39 is 0 Å². The Bertz CT molecular complexity index is 137. The van der Waals surface area contributed by atoms with Gasteiger partial charge in [-0.05, 0) is 20.8 Å². The molecule has 4 heteroatoms. The van der Waals surface area contributed by atoms with Crippen LogP contribution in [0.4, 0.5) is 0 Å². The van der Waals surface area contributed by atoms with Crippen molar-refractivity contribution < 1.29 is 0 Å². The van der Waals surface area contributed by atoms with Gasteiger partial charge in [0.15, 0.2) is 0 Å². The van der Waals surface area contributed by atoms with Gasteiger partial charge in [0.2, 0.25) is 0 Å². The van der Waals surface area contributed by atoms with E-state index in [0.717, 1.165) is 29.9 Å². The highest BCUT2D eigenvalue weighted by Crippen LogP contribution is 1.88. The Morgan fingerprint density at radius 3 is 1.67 bits per heavy atom. The number of hydrogen-bond acceptors (Lipinski definition) is 3. The highest BCUT2D eigenvalue weighted by Gasteiger charge is 1.96. The van der Waals surface area contributed by atoms with Gasteiger partial charge in [0.05, 0.1) is 10.2 Å². The lowest BCUT2D eigenvalue weighted by molar-refractivity contribution is 0.696. The molecular formula is C8H21N3Si. The molecule has 3 N–H and O–H groups in total. The minimum Gasteiger partial charge on any atom is -0.390 e. The van der Waals surface area contributed by atoms with Gasteiger partial charge in [-0.25, -0.2) is 0 Å². The number of nitrogens with one attached hydrogen (secondary N) is 3. The molecule has 0 bridgehead atoms. The molecule has 0 aromatic carbocycles. The van der Waals surface area contributed by atoms with E-state index in [2.05, 4.69) is 36.7 Å². The maximum atomic E-state index is 3.33. The van der Waals surface area contributed by atoms with Gasteiger partial charge in [-0.3, -0.25) is 0 Å². The minimum atomic E-state index is 0.972. The van der Waals surface area contributed by atoms with Crippen LogP contribution in [0, 0.1) is 0 Å². The standard InChI is InChI=1S/C8H21N3Si/c1-4-9-7(10-5-2)8(12)11-6-3/h9-11H,4-6H2,1-3,12H3. The molecule has 72 valence electrons. The second kappa shape index (κ2) is 7.03. The Morgan fingerprint density at radius 1 is 0.917 bits per heavy atom. The molecule has 0 heterocycles. The summed E-state index contributed by atoms with van der Waals surface area (Å²) in [5, 5.41) is 11.3. The molecule has 0 saturated carbocycles. The summed E-state index contributed by atoms with van der Waals surface area (Å²) in [6, 6.07) is 0. The van der Waals surface area contributed by atoms with Crippen LogP contribution in [0.3, 0.4) is 0 Å². The molecule has 0 aliphatic carbocycles. The summed E-state index contributed by atoms with van der Waals surface area (Å²) in [5.74, 6) is 1.17. The van der Waals surface area contributed by atoms with Gasteiger partial charge in [-0.1, -0.05) is 0 Å². The SMILES string of the molecule is CCNC([SiH3])=C(NCC)NCC. The highest BCUT2D eigenvalue weighted by molar-refractivity contribution is 6.21. The lowest BCUT2D eigenvalue weighted by Crippen LogP contribution is -2.32. The first kappa shape index (κ1) is 11.4. The molecule has 0 aromatic rings. The van der Waals surface area contributed by atoms with Gasteiger partial charge < -0.3 is 16.0 Å². The van der Waals surface area contributed by atoms with E-state index in [1.807, 2.05) is 0 Å². The van der Waals surface area contributed by atoms with Crippen LogP contribution in [0.5, 0.6) is 0 Å². The van der Waals surface area contributed by atoms with Crippen molar-refractivity contribution in [1.82, 2.24) is 16.0 Å². The van der Waals surface area contributed by atoms with Crippen LogP contribution in [0.1, 0.15) is 20.8 Å². The van der Waals surface area contributed by atoms with Crippen LogP contribution < -0.4 is 16.0 Å². The molecule has 0 aromatic heterocycles. The molecule has 3 nitrogen and oxygen atoms in total. The van der Waals surface area contributed by atoms with E-state index in [9.17, 15) is 0 Å². The van der Waals surface area contributed by atoms with E-state index in [4.69, 9.17) is 0 Å². The van der Waals surface area contributed by atoms with E-state index in [1.165, 1.54) is 11.1 Å². The zero-order valence-electron chi connectivity index (χ0n) is 8.62. The third-order valence-electron chi connectivity index (χ3n) is 1.52. The van der Waals surface area contributed by atoms with Crippen LogP contribution in [-0.2, 0) is 0 Å². The summed E-state index contributed by atoms with van der Waals surface area (Å²) < 4.78 is 0. The van der Waals surface area contributed by atoms with E-state index in [-0.39, 0.29) is 0 Å². The summed E-state index contributed by atoms with van der Waals surface area (Å²) in [6.07, 6.45) is 0. The topological polar surface area (TPSA) is 36.1 Å². The van der Waals surface area contributed by atoms with Crippen molar-refractivity contribution in [2.24, 2.45) is 0 Å². The summed E-state index contributed by atoms with van der Waals surface area (Å²) in [6.45, 7) is 9.28. The molecule has 0 rings (SSSR count). The van der Waals surface area contributed by atoms with Crippen molar-refractivity contribution in [2.45, 2.75) is 20.8 Å². The van der Waals surface area contributed by atoms with Crippen LogP contribution in [0.15, 0.2) is 11.1 Å². The molecule has 0 aliphatic rings. The number of hydrogen-bond donors (Lipinski definition) is 3. The fraction of sp³-hybridized carbons (Fsp3) is 0.750.